The zero-order valence-electron chi connectivity index (χ0n) is 74.4. The Morgan fingerprint density at radius 2 is 1.35 bits per heavy atom. The lowest BCUT2D eigenvalue weighted by Crippen LogP contribution is -2.64. The number of aromatic hydroxyl groups is 1. The molecule has 5 aliphatic carbocycles. The number of ether oxygens (including phenoxy) is 7. The van der Waals surface area contributed by atoms with Gasteiger partial charge in [-0.2, -0.15) is 4.31 Å². The zero-order valence-corrected chi connectivity index (χ0v) is 76.8. The van der Waals surface area contributed by atoms with Crippen LogP contribution in [0.25, 0.3) is 11.1 Å². The van der Waals surface area contributed by atoms with E-state index in [0.29, 0.717) is 24.2 Å². The Morgan fingerprint density at radius 3 is 1.97 bits per heavy atom. The van der Waals surface area contributed by atoms with E-state index in [9.17, 15) is 64.0 Å². The van der Waals surface area contributed by atoms with Crippen LogP contribution in [0.4, 0.5) is 0 Å². The van der Waals surface area contributed by atoms with Crippen molar-refractivity contribution in [1.82, 2.24) is 51.7 Å². The van der Waals surface area contributed by atoms with Gasteiger partial charge in [0, 0.05) is 54.3 Å². The molecule has 8 heterocycles. The van der Waals surface area contributed by atoms with Gasteiger partial charge in [-0.15, -0.1) is 0 Å². The summed E-state index contributed by atoms with van der Waals surface area (Å²) >= 11 is 14.6. The monoisotopic (exact) mass is 1920 g/mol. The Morgan fingerprint density at radius 1 is 0.716 bits per heavy atom. The zero-order chi connectivity index (χ0) is 95.7. The number of nitrogens with two attached hydrogens (primary N) is 2. The number of fused-ring (bicyclic) bond motifs is 12. The summed E-state index contributed by atoms with van der Waals surface area (Å²) in [6.45, 7) is 7.72. The molecule has 8 amide bonds. The predicted molar refractivity (Wildman–Crippen MR) is 478 cm³/mol. The Hall–Kier alpha value is -9.99. The van der Waals surface area contributed by atoms with E-state index >= 15 is 28.8 Å². The van der Waals surface area contributed by atoms with Gasteiger partial charge in [0.05, 0.1) is 59.5 Å². The van der Waals surface area contributed by atoms with Gasteiger partial charge in [0.1, 0.15) is 89.8 Å². The minimum atomic E-state index is -4.25. The van der Waals surface area contributed by atoms with Gasteiger partial charge >= 0.3 is 0 Å². The van der Waals surface area contributed by atoms with Crippen LogP contribution in [0.3, 0.4) is 0 Å². The molecule has 21 N–H and O–H groups in total. The number of hydrogen-bond acceptors (Lipinski definition) is 29. The molecule has 13 aliphatic rings. The number of nitrogens with zero attached hydrogens (tertiary/aromatic N) is 2. The fraction of sp³-hybridized carbons (Fsp3) is 0.527. The summed E-state index contributed by atoms with van der Waals surface area (Å²) in [6, 6.07) is 5.56. The number of amides is 8. The number of likely N-dealkylation sites (N-methyl/N-ethyl adjacent to an activating group) is 1. The topological polar surface area (TPSA) is 572 Å². The smallest absolute Gasteiger partial charge is 0.248 e. The number of phenols is 1. The lowest BCUT2D eigenvalue weighted by molar-refractivity contribution is -0.333. The number of hydrogen-bond donors (Lipinski definition) is 19. The van der Waals surface area contributed by atoms with Gasteiger partial charge in [-0.3, -0.25) is 43.3 Å². The largest absolute Gasteiger partial charge is 0.508 e. The van der Waals surface area contributed by atoms with Crippen LogP contribution in [0.2, 0.25) is 10.0 Å². The lowest BCUT2D eigenvalue weighted by atomic mass is 9.54. The van der Waals surface area contributed by atoms with E-state index in [-0.39, 0.29) is 123 Å². The van der Waals surface area contributed by atoms with Crippen LogP contribution < -0.4 is 72.9 Å². The SMILES string of the molecule is CCCCCOc1ccc(S(=O)(=O)N2CCCN(Cc3c(O)cc4c5c3C(O)(O)c3ccc(cc3-5)[C@H]3NC(=O)[C@@H]5NC(=O)[C@H](CC(N)=O)NC(=O)[C@H](NC(=O)[C@@H](CC(C)C)NC)[C@H](O)c6ccc(c(Cl)c6)Oc6cc5cc(c6O[C@@H]5O[C@H](CO)[C@@H](O)[C@H](O)[C@H]5O[C@H]5C[C@](C)(N)[C@H](O)[C@H](C)O5)Oc5ccc(cc5Cl)[C@@H](O)[C@H](NC3=O)C(=O)N[C@@H]4C(=O)NC3C4CC5CC(C4)CC3C5)C2)cc1. The minimum Gasteiger partial charge on any atom is -0.508 e. The van der Waals surface area contributed by atoms with Crippen LogP contribution >= 0.6 is 23.2 Å². The number of aliphatic hydroxyl groups excluding tert-OH is 6. The van der Waals surface area contributed by atoms with E-state index < -0.39 is 237 Å². The average molecular weight is 1920 g/mol. The van der Waals surface area contributed by atoms with E-state index in [4.69, 9.17) is 67.8 Å². The molecule has 7 fully saturated rings. The molecular formula is C93H114Cl2N12O26S. The van der Waals surface area contributed by atoms with Gasteiger partial charge in [0.15, 0.2) is 23.9 Å². The second-order valence-corrected chi connectivity index (χ2v) is 40.3. The van der Waals surface area contributed by atoms with Crippen LogP contribution in [0, 0.1) is 29.6 Å². The Kier molecular flexibility index (Phi) is 28.4. The Labute approximate surface area is 782 Å². The van der Waals surface area contributed by atoms with Crippen molar-refractivity contribution in [2.45, 2.75) is 244 Å². The third-order valence-electron chi connectivity index (χ3n) is 27.5. The van der Waals surface area contributed by atoms with Gasteiger partial charge in [0.25, 0.3) is 0 Å². The molecule has 722 valence electrons. The van der Waals surface area contributed by atoms with Crippen molar-refractivity contribution in [1.29, 1.82) is 0 Å². The number of carbonyl (C=O) groups is 8. The highest BCUT2D eigenvalue weighted by Gasteiger charge is 2.55. The van der Waals surface area contributed by atoms with Crippen molar-refractivity contribution in [3.05, 3.63) is 152 Å². The molecule has 41 heteroatoms. The van der Waals surface area contributed by atoms with Gasteiger partial charge in [0.2, 0.25) is 75.1 Å². The maximum absolute atomic E-state index is 16.8. The maximum Gasteiger partial charge on any atom is 0.248 e. The molecule has 18 atom stereocenters. The van der Waals surface area contributed by atoms with Crippen molar-refractivity contribution in [2.75, 3.05) is 40.0 Å². The molecule has 38 nitrogen and oxygen atoms in total. The van der Waals surface area contributed by atoms with Crippen molar-refractivity contribution in [3.8, 4) is 51.4 Å². The maximum atomic E-state index is 16.8. The third kappa shape index (κ3) is 19.6. The highest BCUT2D eigenvalue weighted by molar-refractivity contribution is 7.89. The molecule has 0 unspecified atom stereocenters. The number of benzene rings is 6. The summed E-state index contributed by atoms with van der Waals surface area (Å²) in [5.41, 5.74) is 8.34. The first-order valence-electron chi connectivity index (χ1n) is 45.3. The second kappa shape index (κ2) is 39.2. The van der Waals surface area contributed by atoms with Crippen molar-refractivity contribution in [2.24, 2.45) is 41.1 Å². The molecule has 19 rings (SSSR count). The van der Waals surface area contributed by atoms with Crippen LogP contribution in [0.1, 0.15) is 187 Å². The number of rotatable bonds is 23. The Balaban J connectivity index is 0.874. The number of unbranched alkanes of at least 4 members (excludes halogenated alkanes) is 2. The molecule has 0 aromatic heterocycles. The molecule has 0 spiro atoms. The molecule has 134 heavy (non-hydrogen) atoms. The van der Waals surface area contributed by atoms with Crippen molar-refractivity contribution >= 4 is 80.5 Å². The van der Waals surface area contributed by atoms with Gasteiger partial charge in [-0.05, 0) is 214 Å². The molecule has 8 aliphatic heterocycles. The minimum absolute atomic E-state index is 0.00616. The van der Waals surface area contributed by atoms with Gasteiger partial charge in [-0.25, -0.2) is 8.42 Å². The van der Waals surface area contributed by atoms with Gasteiger partial charge < -0.3 is 133 Å². The summed E-state index contributed by atoms with van der Waals surface area (Å²) in [4.78, 5) is 126. The normalized spacial score (nSPS) is 30.9. The summed E-state index contributed by atoms with van der Waals surface area (Å²) in [7, 11) is -2.77. The van der Waals surface area contributed by atoms with Crippen LogP contribution in [0.15, 0.2) is 102 Å². The first-order valence-corrected chi connectivity index (χ1v) is 47.5. The van der Waals surface area contributed by atoms with E-state index in [0.717, 1.165) is 75.6 Å². The van der Waals surface area contributed by atoms with Crippen LogP contribution in [-0.4, -0.2) is 236 Å². The molecular weight excluding hydrogens is 1800 g/mol. The molecule has 0 radical (unpaired) electrons. The van der Waals surface area contributed by atoms with Crippen LogP contribution in [0.5, 0.6) is 40.2 Å². The number of aliphatic hydroxyl groups is 8. The van der Waals surface area contributed by atoms with Crippen molar-refractivity contribution < 1.29 is 126 Å². The van der Waals surface area contributed by atoms with E-state index in [1.165, 1.54) is 85.9 Å². The highest BCUT2D eigenvalue weighted by Crippen LogP contribution is 2.57. The summed E-state index contributed by atoms with van der Waals surface area (Å²) < 4.78 is 75.6. The number of halogens is 2. The van der Waals surface area contributed by atoms with E-state index in [1.54, 1.807) is 17.0 Å². The number of primary amides is 1. The molecule has 3 saturated heterocycles. The lowest BCUT2D eigenvalue weighted by Gasteiger charge is -2.54. The number of sulfonamides is 1. The first kappa shape index (κ1) is 97.1. The third-order valence-corrected chi connectivity index (χ3v) is 29.9. The molecule has 15 bridgehead atoms. The quantitative estimate of drug-likeness (QED) is 0.0322. The predicted octanol–water partition coefficient (Wildman–Crippen LogP) is 3.47. The van der Waals surface area contributed by atoms with Crippen molar-refractivity contribution in [3.63, 3.8) is 0 Å². The summed E-state index contributed by atoms with van der Waals surface area (Å²) in [5.74, 6) is -15.0. The standard InChI is InChI=1S/C93H114Cl2N12O26S/c1-7-8-9-23-127-51-14-16-52(17-15-51)134(125,126)107-22-10-21-106(40-107)38-55-61(109)35-54-69-53-30-45(11-18-56(53)93(123,124)70(55)69)72-86(118)105-76(90(122)103-74(54)88(120)100-71-48-26-43-25-44(28-48)29-49(71)27-43)78(112)47-13-20-63(58(95)32-47)130-65-34-50-33-64(81(65)133-91-82(80(114)79(113)66(39-108)131-91)132-68-37-92(5,97)83(115)42(4)128-68)129-62-19-12-46(31-57(62)94)77(111)75(104-84(116)59(98-6)24-41(2)3)89(121)99-60(36-67(96)110)85(117)101-73(50)87(119)102-72/h11-20,30-35,41-44,48-49,59-60,66,68,71-80,82-83,91,98,108-109,111-115,123-124H,7-10,21-29,36-40,97H2,1-6H3,(H2,96,110)(H,99,121)(H,100,120)(H,101,117)(H,102,119)(H,103,122)(H,104,116)(H,105,118)/t42-,43?,44?,48?,49?,59+,60-,66+,68-,71?,72+,73+,74-,75+,76-,77+,78+,79+,80-,82+,83+,91-,92-/m0/s1. The summed E-state index contributed by atoms with van der Waals surface area (Å²) in [6.07, 6.45) is -11.6. The number of nitrogens with one attached hydrogen (secondary N) is 8. The molecule has 6 aromatic rings. The highest BCUT2D eigenvalue weighted by atomic mass is 35.5. The number of carbonyl (C=O) groups excluding carboxylic acids is 8. The summed E-state index contributed by atoms with van der Waals surface area (Å²) in [5, 5.41) is 132. The van der Waals surface area contributed by atoms with Crippen LogP contribution in [-0.2, 0) is 74.9 Å². The number of phenolic OH excluding ortho intramolecular Hbond substituents is 1. The second-order valence-electron chi connectivity index (χ2n) is 37.6. The average Bonchev–Trinajstić information content (AvgIpc) is 1.54. The van der Waals surface area contributed by atoms with Gasteiger partial charge in [-0.1, -0.05) is 81.1 Å². The molecule has 4 saturated carbocycles. The van der Waals surface area contributed by atoms with E-state index in [2.05, 4.69) is 49.5 Å². The Bertz CT molecular complexity index is 5610. The molecule has 6 aromatic carbocycles. The van der Waals surface area contributed by atoms with E-state index in [1.807, 2.05) is 13.8 Å². The fourth-order valence-electron chi connectivity index (χ4n) is 20.8. The first-order chi connectivity index (χ1) is 63.7. The fourth-order valence-corrected chi connectivity index (χ4v) is 22.7.